The monoisotopic (exact) mass is 516 g/mol. The Morgan fingerprint density at radius 1 is 0.400 bits per heavy atom. The van der Waals surface area contributed by atoms with Gasteiger partial charge in [-0.05, 0) is 95.8 Å². The van der Waals surface area contributed by atoms with Crippen LogP contribution in [0.25, 0.3) is 33.4 Å². The van der Waals surface area contributed by atoms with Crippen LogP contribution < -0.4 is 10.6 Å². The second-order valence-electron chi connectivity index (χ2n) is 10.3. The fourth-order valence-corrected chi connectivity index (χ4v) is 5.41. The number of para-hydroxylation sites is 2. The van der Waals surface area contributed by atoms with E-state index < -0.39 is 0 Å². The maximum atomic E-state index is 6.34. The van der Waals surface area contributed by atoms with Gasteiger partial charge >= 0.3 is 0 Å². The van der Waals surface area contributed by atoms with Crippen LogP contribution in [0.1, 0.15) is 11.1 Å². The van der Waals surface area contributed by atoms with E-state index in [-0.39, 0.29) is 0 Å². The Kier molecular flexibility index (Phi) is 6.91. The lowest BCUT2D eigenvalue weighted by molar-refractivity contribution is 1.28. The predicted molar refractivity (Wildman–Crippen MR) is 171 cm³/mol. The fraction of sp³-hybridized carbons (Fsp3) is 0.0526. The Hall–Kier alpha value is -5.08. The molecule has 0 aliphatic carbocycles. The Morgan fingerprint density at radius 2 is 0.900 bits per heavy atom. The maximum absolute atomic E-state index is 6.34. The summed E-state index contributed by atoms with van der Waals surface area (Å²) in [6.07, 6.45) is 0. The minimum absolute atomic E-state index is 0.758. The van der Waals surface area contributed by atoms with Crippen molar-refractivity contribution in [1.29, 1.82) is 0 Å². The molecule has 0 heterocycles. The zero-order valence-corrected chi connectivity index (χ0v) is 22.9. The molecule has 0 aromatic heterocycles. The van der Waals surface area contributed by atoms with Crippen molar-refractivity contribution in [3.63, 3.8) is 0 Å². The topological polar surface area (TPSA) is 29.3 Å². The van der Waals surface area contributed by atoms with Crippen LogP contribution in [0.2, 0.25) is 0 Å². The summed E-state index contributed by atoms with van der Waals surface area (Å²) in [5, 5.41) is 0. The summed E-state index contributed by atoms with van der Waals surface area (Å²) in [6.45, 7) is 4.28. The highest BCUT2D eigenvalue weighted by Gasteiger charge is 2.18. The van der Waals surface area contributed by atoms with E-state index in [2.05, 4.69) is 158 Å². The molecule has 0 amide bonds. The van der Waals surface area contributed by atoms with E-state index in [9.17, 15) is 0 Å². The van der Waals surface area contributed by atoms with Crippen molar-refractivity contribution < 1.29 is 0 Å². The third-order valence-corrected chi connectivity index (χ3v) is 7.28. The number of hydrogen-bond acceptors (Lipinski definition) is 2. The number of nitrogens with two attached hydrogens (primary N) is 1. The molecule has 2 N–H and O–H groups in total. The minimum atomic E-state index is 0.758. The largest absolute Gasteiger partial charge is 0.399 e. The normalized spacial score (nSPS) is 10.8. The number of benzene rings is 6. The molecule has 0 bridgehead atoms. The van der Waals surface area contributed by atoms with Crippen LogP contribution >= 0.6 is 0 Å². The number of anilines is 4. The lowest BCUT2D eigenvalue weighted by Gasteiger charge is -2.27. The highest BCUT2D eigenvalue weighted by Crippen LogP contribution is 2.43. The molecule has 40 heavy (non-hydrogen) atoms. The molecule has 6 aromatic rings. The van der Waals surface area contributed by atoms with E-state index in [0.29, 0.717) is 0 Å². The molecule has 0 fully saturated rings. The van der Waals surface area contributed by atoms with Crippen LogP contribution in [0.3, 0.4) is 0 Å². The van der Waals surface area contributed by atoms with Gasteiger partial charge in [-0.3, -0.25) is 0 Å². The van der Waals surface area contributed by atoms with Gasteiger partial charge in [-0.15, -0.1) is 0 Å². The molecule has 0 radical (unpaired) electrons. The average molecular weight is 517 g/mol. The Labute approximate surface area is 237 Å². The first-order chi connectivity index (χ1) is 19.6. The molecule has 0 spiro atoms. The molecule has 194 valence electrons. The van der Waals surface area contributed by atoms with E-state index in [0.717, 1.165) is 39.4 Å². The predicted octanol–water partition coefficient (Wildman–Crippen LogP) is 10.4. The second-order valence-corrected chi connectivity index (χ2v) is 10.3. The number of aryl methyl sites for hydroxylation is 2. The zero-order valence-electron chi connectivity index (χ0n) is 22.9. The van der Waals surface area contributed by atoms with Crippen LogP contribution in [0.5, 0.6) is 0 Å². The first-order valence-corrected chi connectivity index (χ1v) is 13.6. The molecule has 2 heteroatoms. The van der Waals surface area contributed by atoms with Gasteiger partial charge in [0, 0.05) is 22.7 Å². The van der Waals surface area contributed by atoms with Crippen LogP contribution in [-0.4, -0.2) is 0 Å². The van der Waals surface area contributed by atoms with Gasteiger partial charge in [-0.1, -0.05) is 108 Å². The van der Waals surface area contributed by atoms with Crippen LogP contribution in [-0.2, 0) is 0 Å². The van der Waals surface area contributed by atoms with Crippen LogP contribution in [0.15, 0.2) is 146 Å². The van der Waals surface area contributed by atoms with Gasteiger partial charge in [0.15, 0.2) is 0 Å². The molecule has 0 aliphatic heterocycles. The fourth-order valence-electron chi connectivity index (χ4n) is 5.41. The first-order valence-electron chi connectivity index (χ1n) is 13.6. The van der Waals surface area contributed by atoms with Gasteiger partial charge in [-0.25, -0.2) is 0 Å². The van der Waals surface area contributed by atoms with Gasteiger partial charge in [0.1, 0.15) is 0 Å². The third-order valence-electron chi connectivity index (χ3n) is 7.28. The molecule has 0 saturated carbocycles. The summed E-state index contributed by atoms with van der Waals surface area (Å²) in [5.41, 5.74) is 19.9. The number of rotatable bonds is 6. The highest BCUT2D eigenvalue weighted by molar-refractivity contribution is 5.95. The van der Waals surface area contributed by atoms with Gasteiger partial charge in [0.2, 0.25) is 0 Å². The lowest BCUT2D eigenvalue weighted by Crippen LogP contribution is -2.10. The van der Waals surface area contributed by atoms with E-state index in [4.69, 9.17) is 5.73 Å². The minimum Gasteiger partial charge on any atom is -0.399 e. The van der Waals surface area contributed by atoms with Crippen molar-refractivity contribution in [1.82, 2.24) is 0 Å². The Balaban J connectivity index is 1.60. The third kappa shape index (κ3) is 5.12. The molecule has 0 unspecified atom stereocenters. The maximum Gasteiger partial charge on any atom is 0.0468 e. The van der Waals surface area contributed by atoms with E-state index in [1.54, 1.807) is 0 Å². The summed E-state index contributed by atoms with van der Waals surface area (Å²) >= 11 is 0. The molecule has 0 saturated heterocycles. The summed E-state index contributed by atoms with van der Waals surface area (Å²) in [7, 11) is 0. The van der Waals surface area contributed by atoms with Crippen LogP contribution in [0, 0.1) is 13.8 Å². The lowest BCUT2D eigenvalue weighted by atomic mass is 9.88. The molecule has 2 nitrogen and oxygen atoms in total. The summed E-state index contributed by atoms with van der Waals surface area (Å²) in [5.74, 6) is 0. The summed E-state index contributed by atoms with van der Waals surface area (Å²) in [6, 6.07) is 51.5. The first kappa shape index (κ1) is 25.2. The van der Waals surface area contributed by atoms with Crippen molar-refractivity contribution >= 4 is 22.7 Å². The van der Waals surface area contributed by atoms with Crippen LogP contribution in [0.4, 0.5) is 22.7 Å². The number of hydrogen-bond donors (Lipinski definition) is 1. The smallest absolute Gasteiger partial charge is 0.0468 e. The van der Waals surface area contributed by atoms with E-state index >= 15 is 0 Å². The quantitative estimate of drug-likeness (QED) is 0.223. The van der Waals surface area contributed by atoms with Crippen molar-refractivity contribution in [2.24, 2.45) is 0 Å². The number of nitrogens with zero attached hydrogens (tertiary/aromatic N) is 1. The molecular formula is C38H32N2. The molecule has 0 aliphatic rings. The molecular weight excluding hydrogens is 484 g/mol. The van der Waals surface area contributed by atoms with Crippen molar-refractivity contribution in [2.45, 2.75) is 13.8 Å². The van der Waals surface area contributed by atoms with Gasteiger partial charge in [0.05, 0.1) is 0 Å². The van der Waals surface area contributed by atoms with Crippen molar-refractivity contribution in [2.75, 3.05) is 10.6 Å². The van der Waals surface area contributed by atoms with E-state index in [1.165, 1.54) is 27.8 Å². The average Bonchev–Trinajstić information content (AvgIpc) is 2.98. The Morgan fingerprint density at radius 3 is 1.43 bits per heavy atom. The van der Waals surface area contributed by atoms with Gasteiger partial charge in [0.25, 0.3) is 0 Å². The zero-order chi connectivity index (χ0) is 27.5. The van der Waals surface area contributed by atoms with Crippen molar-refractivity contribution in [3.05, 3.63) is 157 Å². The second kappa shape index (κ2) is 11.0. The summed E-state index contributed by atoms with van der Waals surface area (Å²) < 4.78 is 0. The molecule has 0 atom stereocenters. The highest BCUT2D eigenvalue weighted by atomic mass is 15.1. The van der Waals surface area contributed by atoms with Crippen molar-refractivity contribution in [3.8, 4) is 33.4 Å². The molecule has 6 aromatic carbocycles. The summed E-state index contributed by atoms with van der Waals surface area (Å²) in [4.78, 5) is 2.31. The van der Waals surface area contributed by atoms with Gasteiger partial charge in [-0.2, -0.15) is 0 Å². The number of nitrogen functional groups attached to an aromatic ring is 1. The molecule has 6 rings (SSSR count). The van der Waals surface area contributed by atoms with Gasteiger partial charge < -0.3 is 10.6 Å². The van der Waals surface area contributed by atoms with E-state index in [1.807, 2.05) is 6.07 Å². The standard InChI is InChI=1S/C38H32N2/c1-27-11-9-13-29(23-27)37-25-31(39)19-21-35(37)36-22-20-34(26-38(36)30-14-10-12-28(2)24-30)40(32-15-5-3-6-16-32)33-17-7-4-8-18-33/h3-26H,39H2,1-2H3. The Bertz CT molecular complexity index is 1730. The SMILES string of the molecule is Cc1cccc(-c2cc(N)ccc2-c2ccc(N(c3ccccc3)c3ccccc3)cc2-c2cccc(C)c2)c1.